The molecule has 0 unspecified atom stereocenters. The molecule has 0 saturated heterocycles. The Kier molecular flexibility index (Phi) is 2.84. The van der Waals surface area contributed by atoms with Crippen molar-refractivity contribution in [2.24, 2.45) is 0 Å². The molecule has 11 heavy (non-hydrogen) atoms. The number of hydrogen-bond donors (Lipinski definition) is 1. The molecular weight excluding hydrogens is 176 g/mol. The van der Waals surface area contributed by atoms with Crippen molar-refractivity contribution in [1.29, 1.82) is 0 Å². The molecule has 1 rings (SSSR count). The number of rotatable bonds is 2. The summed E-state index contributed by atoms with van der Waals surface area (Å²) in [7, 11) is 0. The lowest BCUT2D eigenvalue weighted by atomic mass is 10.2. The molecule has 0 amide bonds. The molecule has 0 atom stereocenters. The van der Waals surface area contributed by atoms with Gasteiger partial charge >= 0.3 is 0 Å². The molecule has 0 aliphatic rings. The first kappa shape index (κ1) is 8.94. The molecular formula is C8H12OS2. The van der Waals surface area contributed by atoms with Gasteiger partial charge in [0, 0.05) is 5.38 Å². The lowest BCUT2D eigenvalue weighted by molar-refractivity contribution is 0.457. The highest BCUT2D eigenvalue weighted by Gasteiger charge is 2.11. The second-order valence-electron chi connectivity index (χ2n) is 2.67. The van der Waals surface area contributed by atoms with Crippen LogP contribution in [-0.4, -0.2) is 11.4 Å². The van der Waals surface area contributed by atoms with E-state index in [9.17, 15) is 5.11 Å². The van der Waals surface area contributed by atoms with E-state index < -0.39 is 0 Å². The van der Waals surface area contributed by atoms with Crippen molar-refractivity contribution in [2.45, 2.75) is 24.7 Å². The van der Waals surface area contributed by atoms with Crippen LogP contribution in [0.15, 0.2) is 10.3 Å². The van der Waals surface area contributed by atoms with Crippen LogP contribution in [-0.2, 0) is 0 Å². The van der Waals surface area contributed by atoms with E-state index in [1.807, 2.05) is 11.6 Å². The molecule has 0 aliphatic heterocycles. The molecule has 0 bridgehead atoms. The normalized spacial score (nSPS) is 10.9. The molecule has 0 spiro atoms. The van der Waals surface area contributed by atoms with Gasteiger partial charge in [-0.3, -0.25) is 0 Å². The molecule has 62 valence electrons. The lowest BCUT2D eigenvalue weighted by Crippen LogP contribution is -1.80. The molecule has 0 aromatic carbocycles. The first-order chi connectivity index (χ1) is 5.16. The molecule has 0 aliphatic carbocycles. The Morgan fingerprint density at radius 3 is 2.45 bits per heavy atom. The Morgan fingerprint density at radius 1 is 1.55 bits per heavy atom. The van der Waals surface area contributed by atoms with E-state index >= 15 is 0 Å². The van der Waals surface area contributed by atoms with Gasteiger partial charge in [0.05, 0.1) is 9.77 Å². The second-order valence-corrected chi connectivity index (χ2v) is 4.43. The van der Waals surface area contributed by atoms with E-state index in [1.54, 1.807) is 23.1 Å². The van der Waals surface area contributed by atoms with Crippen LogP contribution >= 0.6 is 23.1 Å². The largest absolute Gasteiger partial charge is 0.506 e. The molecule has 1 nitrogen and oxygen atoms in total. The Bertz CT molecular complexity index is 240. The van der Waals surface area contributed by atoms with E-state index in [0.29, 0.717) is 11.7 Å². The number of aromatic hydroxyl groups is 1. The van der Waals surface area contributed by atoms with Gasteiger partial charge in [0.2, 0.25) is 0 Å². The standard InChI is InChI=1S/C8H12OS2/c1-5(2)8-7(9)6(10-3)4-11-8/h4-5,9H,1-3H3. The van der Waals surface area contributed by atoms with Gasteiger partial charge in [-0.1, -0.05) is 13.8 Å². The third-order valence-corrected chi connectivity index (χ3v) is 3.68. The molecule has 1 heterocycles. The van der Waals surface area contributed by atoms with Gasteiger partial charge < -0.3 is 5.11 Å². The highest BCUT2D eigenvalue weighted by Crippen LogP contribution is 2.39. The van der Waals surface area contributed by atoms with Gasteiger partial charge in [0.25, 0.3) is 0 Å². The van der Waals surface area contributed by atoms with Crippen LogP contribution in [0.2, 0.25) is 0 Å². The summed E-state index contributed by atoms with van der Waals surface area (Å²) >= 11 is 3.23. The maximum Gasteiger partial charge on any atom is 0.143 e. The minimum Gasteiger partial charge on any atom is -0.506 e. The number of thioether (sulfide) groups is 1. The van der Waals surface area contributed by atoms with E-state index in [-0.39, 0.29) is 0 Å². The van der Waals surface area contributed by atoms with Crippen molar-refractivity contribution in [3.8, 4) is 5.75 Å². The molecule has 0 fully saturated rings. The van der Waals surface area contributed by atoms with E-state index in [0.717, 1.165) is 9.77 Å². The van der Waals surface area contributed by atoms with Crippen LogP contribution in [0.3, 0.4) is 0 Å². The first-order valence-electron chi connectivity index (χ1n) is 3.51. The molecule has 0 radical (unpaired) electrons. The molecule has 3 heteroatoms. The minimum atomic E-state index is 0.431. The summed E-state index contributed by atoms with van der Waals surface area (Å²) in [6.45, 7) is 4.19. The summed E-state index contributed by atoms with van der Waals surface area (Å²) in [6.07, 6.45) is 1.98. The highest BCUT2D eigenvalue weighted by molar-refractivity contribution is 7.98. The SMILES string of the molecule is CSc1csc(C(C)C)c1O. The monoisotopic (exact) mass is 188 g/mol. The molecule has 0 saturated carbocycles. The van der Waals surface area contributed by atoms with Crippen molar-refractivity contribution in [2.75, 3.05) is 6.26 Å². The van der Waals surface area contributed by atoms with E-state index in [4.69, 9.17) is 0 Å². The summed E-state index contributed by atoms with van der Waals surface area (Å²) < 4.78 is 0. The maximum absolute atomic E-state index is 9.59. The summed E-state index contributed by atoms with van der Waals surface area (Å²) in [4.78, 5) is 2.09. The average molecular weight is 188 g/mol. The molecule has 1 aromatic heterocycles. The number of hydrogen-bond acceptors (Lipinski definition) is 3. The zero-order valence-corrected chi connectivity index (χ0v) is 8.55. The van der Waals surface area contributed by atoms with Crippen LogP contribution in [0, 0.1) is 0 Å². The Labute approximate surface area is 75.4 Å². The van der Waals surface area contributed by atoms with Crippen LogP contribution in [0.5, 0.6) is 5.75 Å². The third-order valence-electron chi connectivity index (χ3n) is 1.50. The summed E-state index contributed by atoms with van der Waals surface area (Å²) in [5, 5.41) is 11.6. The van der Waals surface area contributed by atoms with Gasteiger partial charge in [-0.15, -0.1) is 23.1 Å². The van der Waals surface area contributed by atoms with Crippen molar-refractivity contribution < 1.29 is 5.11 Å². The van der Waals surface area contributed by atoms with Gasteiger partial charge in [-0.2, -0.15) is 0 Å². The summed E-state index contributed by atoms with van der Waals surface area (Å²) in [6, 6.07) is 0. The van der Waals surface area contributed by atoms with Gasteiger partial charge in [0.15, 0.2) is 0 Å². The summed E-state index contributed by atoms with van der Waals surface area (Å²) in [5.41, 5.74) is 0. The van der Waals surface area contributed by atoms with Crippen molar-refractivity contribution >= 4 is 23.1 Å². The fourth-order valence-corrected chi connectivity index (χ4v) is 2.64. The van der Waals surface area contributed by atoms with E-state index in [2.05, 4.69) is 13.8 Å². The smallest absolute Gasteiger partial charge is 0.143 e. The van der Waals surface area contributed by atoms with Crippen molar-refractivity contribution in [3.05, 3.63) is 10.3 Å². The van der Waals surface area contributed by atoms with Gasteiger partial charge in [-0.05, 0) is 12.2 Å². The predicted octanol–water partition coefficient (Wildman–Crippen LogP) is 3.30. The van der Waals surface area contributed by atoms with Crippen LogP contribution in [0.25, 0.3) is 0 Å². The van der Waals surface area contributed by atoms with Crippen LogP contribution in [0.4, 0.5) is 0 Å². The fourth-order valence-electron chi connectivity index (χ4n) is 0.904. The fraction of sp³-hybridized carbons (Fsp3) is 0.500. The molecule has 1 N–H and O–H groups in total. The zero-order chi connectivity index (χ0) is 8.43. The third kappa shape index (κ3) is 1.71. The van der Waals surface area contributed by atoms with Crippen molar-refractivity contribution in [3.63, 3.8) is 0 Å². The highest BCUT2D eigenvalue weighted by atomic mass is 32.2. The predicted molar refractivity (Wildman–Crippen MR) is 51.9 cm³/mol. The minimum absolute atomic E-state index is 0.431. The number of thiophene rings is 1. The zero-order valence-electron chi connectivity index (χ0n) is 6.92. The first-order valence-corrected chi connectivity index (χ1v) is 5.61. The average Bonchev–Trinajstić information content (AvgIpc) is 2.30. The lowest BCUT2D eigenvalue weighted by Gasteiger charge is -2.01. The van der Waals surface area contributed by atoms with Crippen LogP contribution < -0.4 is 0 Å². The Balaban J connectivity index is 3.00. The van der Waals surface area contributed by atoms with Crippen molar-refractivity contribution in [1.82, 2.24) is 0 Å². The summed E-state index contributed by atoms with van der Waals surface area (Å²) in [5.74, 6) is 0.915. The Hall–Kier alpha value is -0.150. The van der Waals surface area contributed by atoms with Gasteiger partial charge in [0.1, 0.15) is 5.75 Å². The Morgan fingerprint density at radius 2 is 2.18 bits per heavy atom. The van der Waals surface area contributed by atoms with E-state index in [1.165, 1.54) is 0 Å². The topological polar surface area (TPSA) is 20.2 Å². The van der Waals surface area contributed by atoms with Crippen LogP contribution in [0.1, 0.15) is 24.6 Å². The van der Waals surface area contributed by atoms with Gasteiger partial charge in [-0.25, -0.2) is 0 Å². The quantitative estimate of drug-likeness (QED) is 0.719. The maximum atomic E-state index is 9.59. The molecule has 1 aromatic rings. The second kappa shape index (κ2) is 3.50.